The molecule has 0 unspecified atom stereocenters. The largest absolute Gasteiger partial charge is 2.00 e. The molecule has 0 aliphatic rings. The fraction of sp³-hybridized carbons (Fsp3) is 0.278. The van der Waals surface area contributed by atoms with Gasteiger partial charge < -0.3 is 19.8 Å². The Bertz CT molecular complexity index is 1220. The van der Waals surface area contributed by atoms with Gasteiger partial charge in [-0.15, -0.1) is 0 Å². The first-order chi connectivity index (χ1) is 20.1. The Morgan fingerprint density at radius 1 is 0.465 bits per heavy atom. The quantitative estimate of drug-likeness (QED) is 0.131. The molecule has 0 fully saturated rings. The van der Waals surface area contributed by atoms with Gasteiger partial charge in [0.15, 0.2) is 0 Å². The molecule has 0 heterocycles. The van der Waals surface area contributed by atoms with Gasteiger partial charge in [-0.25, -0.2) is 10.6 Å². The molecule has 0 aliphatic carbocycles. The Hall–Kier alpha value is -3.49. The number of aryl methyl sites for hydroxylation is 4. The molecule has 0 atom stereocenters. The predicted molar refractivity (Wildman–Crippen MR) is 185 cm³/mol. The van der Waals surface area contributed by atoms with Crippen LogP contribution in [0.3, 0.4) is 0 Å². The van der Waals surface area contributed by atoms with Crippen LogP contribution in [0.25, 0.3) is 10.6 Å². The average Bonchev–Trinajstić information content (AvgIpc) is 2.97. The number of rotatable bonds is 9. The van der Waals surface area contributed by atoms with Crippen molar-refractivity contribution in [2.75, 3.05) is 41.3 Å². The first kappa shape index (κ1) is 37.5. The van der Waals surface area contributed by atoms with E-state index in [1.165, 1.54) is 45.1 Å². The van der Waals surface area contributed by atoms with Crippen molar-refractivity contribution in [1.29, 1.82) is 0 Å². The second kappa shape index (κ2) is 21.2. The summed E-state index contributed by atoms with van der Waals surface area (Å²) in [6, 6.07) is 32.7. The summed E-state index contributed by atoms with van der Waals surface area (Å²) in [5, 5.41) is 8.66. The topological polar surface area (TPSA) is 65.0 Å². The molecule has 222 valence electrons. The minimum absolute atomic E-state index is 0. The summed E-state index contributed by atoms with van der Waals surface area (Å²) in [5.41, 5.74) is 9.01. The second-order valence-electron chi connectivity index (χ2n) is 11.1. The van der Waals surface area contributed by atoms with Gasteiger partial charge in [-0.1, -0.05) is 70.8 Å². The maximum Gasteiger partial charge on any atom is 2.00 e. The number of nitrogens with one attached hydrogen (secondary N) is 4. The molecular formula is C36H50MgN6+4. The number of hydrogen-bond acceptors (Lipinski definition) is 0. The van der Waals surface area contributed by atoms with E-state index in [-0.39, 0.29) is 23.1 Å². The molecule has 4 N–H and O–H groups in total. The van der Waals surface area contributed by atoms with Gasteiger partial charge in [-0.2, -0.15) is 0 Å². The van der Waals surface area contributed by atoms with E-state index >= 15 is 0 Å². The SMILES string of the molecule is C[NH+](C)CC[NH+](C)C.Cc1ccc([N-]C=[NH+]c2ccc(C)cc2)cc1.Cc1ccc([N-]C=[NH+]c2ccc(C)cc2)cc1.[Mg+2]. The molecule has 0 radical (unpaired) electrons. The summed E-state index contributed by atoms with van der Waals surface area (Å²) >= 11 is 0. The van der Waals surface area contributed by atoms with Crippen molar-refractivity contribution in [1.82, 2.24) is 0 Å². The summed E-state index contributed by atoms with van der Waals surface area (Å²) in [5.74, 6) is 0. The summed E-state index contributed by atoms with van der Waals surface area (Å²) in [4.78, 5) is 9.35. The van der Waals surface area contributed by atoms with Crippen LogP contribution in [0, 0.1) is 27.7 Å². The molecule has 0 bridgehead atoms. The van der Waals surface area contributed by atoms with Gasteiger partial charge in [0.25, 0.3) is 0 Å². The van der Waals surface area contributed by atoms with Crippen molar-refractivity contribution >= 4 is 58.5 Å². The van der Waals surface area contributed by atoms with Gasteiger partial charge in [-0.3, -0.25) is 0 Å². The molecule has 0 saturated carbocycles. The molecule has 4 rings (SSSR count). The summed E-state index contributed by atoms with van der Waals surface area (Å²) in [7, 11) is 8.73. The van der Waals surface area contributed by atoms with E-state index in [4.69, 9.17) is 0 Å². The van der Waals surface area contributed by atoms with Gasteiger partial charge in [0, 0.05) is 11.4 Å². The fourth-order valence-electron chi connectivity index (χ4n) is 3.42. The molecule has 0 spiro atoms. The van der Waals surface area contributed by atoms with Crippen molar-refractivity contribution in [3.63, 3.8) is 0 Å². The van der Waals surface area contributed by atoms with Gasteiger partial charge in [-0.05, 0) is 76.2 Å². The first-order valence-electron chi connectivity index (χ1n) is 14.5. The fourth-order valence-corrected chi connectivity index (χ4v) is 3.42. The van der Waals surface area contributed by atoms with E-state index in [1.807, 2.05) is 48.5 Å². The molecule has 4 aromatic rings. The van der Waals surface area contributed by atoms with Crippen LogP contribution in [0.15, 0.2) is 97.1 Å². The monoisotopic (exact) mass is 590 g/mol. The van der Waals surface area contributed by atoms with Crippen LogP contribution in [-0.2, 0) is 0 Å². The summed E-state index contributed by atoms with van der Waals surface area (Å²) < 4.78 is 0. The molecule has 0 aliphatic heterocycles. The Labute approximate surface area is 276 Å². The van der Waals surface area contributed by atoms with Crippen LogP contribution >= 0.6 is 0 Å². The second-order valence-corrected chi connectivity index (χ2v) is 11.1. The molecule has 6 nitrogen and oxygen atoms in total. The van der Waals surface area contributed by atoms with E-state index in [0.29, 0.717) is 0 Å². The summed E-state index contributed by atoms with van der Waals surface area (Å²) in [6.07, 6.45) is 3.44. The van der Waals surface area contributed by atoms with Crippen LogP contribution in [0.2, 0.25) is 0 Å². The number of likely N-dealkylation sites (N-methyl/N-ethyl adjacent to an activating group) is 2. The number of hydrogen-bond donors (Lipinski definition) is 4. The Morgan fingerprint density at radius 3 is 0.977 bits per heavy atom. The number of benzene rings is 4. The molecule has 4 aromatic carbocycles. The third-order valence-electron chi connectivity index (χ3n) is 6.19. The van der Waals surface area contributed by atoms with E-state index in [2.05, 4.69) is 125 Å². The van der Waals surface area contributed by atoms with E-state index < -0.39 is 0 Å². The van der Waals surface area contributed by atoms with Crippen molar-refractivity contribution in [3.8, 4) is 0 Å². The smallest absolute Gasteiger partial charge is 0.346 e. The van der Waals surface area contributed by atoms with Gasteiger partial charge in [0.05, 0.1) is 52.2 Å². The minimum atomic E-state index is 0. The van der Waals surface area contributed by atoms with E-state index in [9.17, 15) is 0 Å². The molecule has 7 heteroatoms. The molecule has 43 heavy (non-hydrogen) atoms. The predicted octanol–water partition coefficient (Wildman–Crippen LogP) is 2.39. The zero-order chi connectivity index (χ0) is 30.7. The molecule has 0 aromatic heterocycles. The number of quaternary nitrogens is 2. The molecular weight excluding hydrogens is 541 g/mol. The average molecular weight is 591 g/mol. The maximum absolute atomic E-state index is 4.33. The van der Waals surface area contributed by atoms with Crippen LogP contribution < -0.4 is 19.8 Å². The van der Waals surface area contributed by atoms with Crippen LogP contribution in [-0.4, -0.2) is 77.0 Å². The van der Waals surface area contributed by atoms with Crippen molar-refractivity contribution in [2.24, 2.45) is 0 Å². The third-order valence-corrected chi connectivity index (χ3v) is 6.19. The third kappa shape index (κ3) is 17.9. The molecule has 0 amide bonds. The van der Waals surface area contributed by atoms with Crippen LogP contribution in [0.4, 0.5) is 22.7 Å². The Kier molecular flexibility index (Phi) is 18.5. The first-order valence-corrected chi connectivity index (χ1v) is 14.5. The van der Waals surface area contributed by atoms with Crippen molar-refractivity contribution < 1.29 is 19.8 Å². The van der Waals surface area contributed by atoms with E-state index in [1.54, 1.807) is 12.7 Å². The van der Waals surface area contributed by atoms with Gasteiger partial charge in [0.1, 0.15) is 13.1 Å². The molecule has 0 saturated heterocycles. The van der Waals surface area contributed by atoms with Crippen molar-refractivity contribution in [2.45, 2.75) is 27.7 Å². The van der Waals surface area contributed by atoms with Gasteiger partial charge >= 0.3 is 23.1 Å². The van der Waals surface area contributed by atoms with Crippen LogP contribution in [0.1, 0.15) is 22.3 Å². The van der Waals surface area contributed by atoms with E-state index in [0.717, 1.165) is 22.7 Å². The number of nitrogens with zero attached hydrogens (tertiary/aromatic N) is 2. The Balaban J connectivity index is 0.000000341. The van der Waals surface area contributed by atoms with Crippen molar-refractivity contribution in [3.05, 3.63) is 130 Å². The minimum Gasteiger partial charge on any atom is -0.346 e. The zero-order valence-electron chi connectivity index (χ0n) is 27.4. The van der Waals surface area contributed by atoms with Gasteiger partial charge in [0.2, 0.25) is 0 Å². The maximum atomic E-state index is 4.33. The zero-order valence-corrected chi connectivity index (χ0v) is 28.8. The standard InChI is InChI=1S/2C15H15N2.C6H16N2.Mg/c2*1-12-3-7-14(8-4-12)16-11-17-15-9-5-13(2)6-10-15;1-7(2)5-6-8(3)4;/h2*3-11H,1-2H3;5-6H2,1-4H3;/q2*-1;;+2/p+4. The normalized spacial score (nSPS) is 10.6. The Morgan fingerprint density at radius 2 is 0.721 bits per heavy atom. The van der Waals surface area contributed by atoms with Crippen LogP contribution in [0.5, 0.6) is 0 Å². The summed E-state index contributed by atoms with van der Waals surface area (Å²) in [6.45, 7) is 10.8.